The van der Waals surface area contributed by atoms with Crippen molar-refractivity contribution >= 4 is 17.6 Å². The first-order chi connectivity index (χ1) is 10.9. The number of hydrogen-bond donors (Lipinski definition) is 0. The molecule has 6 heteroatoms. The van der Waals surface area contributed by atoms with Crippen molar-refractivity contribution in [1.82, 2.24) is 0 Å². The number of carbonyl (C=O) groups is 2. The van der Waals surface area contributed by atoms with E-state index in [0.29, 0.717) is 43.2 Å². The molecule has 1 heterocycles. The van der Waals surface area contributed by atoms with E-state index in [1.807, 2.05) is 6.92 Å². The molecule has 1 aliphatic rings. The average Bonchev–Trinajstić information content (AvgIpc) is 2.53. The van der Waals surface area contributed by atoms with Crippen LogP contribution in [0.4, 0.5) is 5.69 Å². The van der Waals surface area contributed by atoms with E-state index in [1.165, 1.54) is 7.11 Å². The summed E-state index contributed by atoms with van der Waals surface area (Å²) in [4.78, 5) is 26.1. The van der Waals surface area contributed by atoms with Gasteiger partial charge in [-0.15, -0.1) is 0 Å². The highest BCUT2D eigenvalue weighted by Gasteiger charge is 2.40. The van der Waals surface area contributed by atoms with Crippen LogP contribution in [0.25, 0.3) is 0 Å². The summed E-state index contributed by atoms with van der Waals surface area (Å²) in [6.07, 6.45) is 0.706. The summed E-state index contributed by atoms with van der Waals surface area (Å²) in [5, 5.41) is 0. The quantitative estimate of drug-likeness (QED) is 0.594. The SMILES string of the molecule is CCOCCCN1C(=O)C(C)(C)Oc2ccc(C(=O)OC)cc21. The predicted octanol–water partition coefficient (Wildman–Crippen LogP) is 2.40. The van der Waals surface area contributed by atoms with Crippen molar-refractivity contribution in [3.05, 3.63) is 23.8 Å². The van der Waals surface area contributed by atoms with E-state index in [9.17, 15) is 9.59 Å². The first-order valence-corrected chi connectivity index (χ1v) is 7.71. The lowest BCUT2D eigenvalue weighted by atomic mass is 10.0. The van der Waals surface area contributed by atoms with E-state index >= 15 is 0 Å². The molecule has 1 aliphatic heterocycles. The number of ether oxygens (including phenoxy) is 3. The average molecular weight is 321 g/mol. The molecule has 126 valence electrons. The summed E-state index contributed by atoms with van der Waals surface area (Å²) in [5.41, 5.74) is 0.0386. The fourth-order valence-corrected chi connectivity index (χ4v) is 2.50. The molecule has 0 fully saturated rings. The van der Waals surface area contributed by atoms with E-state index in [4.69, 9.17) is 14.2 Å². The van der Waals surface area contributed by atoms with Crippen LogP contribution in [-0.4, -0.2) is 44.3 Å². The van der Waals surface area contributed by atoms with Gasteiger partial charge in [0, 0.05) is 19.8 Å². The number of fused-ring (bicyclic) bond motifs is 1. The molecule has 1 aromatic rings. The molecular weight excluding hydrogens is 298 g/mol. The van der Waals surface area contributed by atoms with Crippen molar-refractivity contribution < 1.29 is 23.8 Å². The van der Waals surface area contributed by atoms with Gasteiger partial charge in [-0.1, -0.05) is 0 Å². The number of benzene rings is 1. The maximum atomic E-state index is 12.7. The molecule has 1 aromatic carbocycles. The number of nitrogens with zero attached hydrogens (tertiary/aromatic N) is 1. The van der Waals surface area contributed by atoms with Crippen LogP contribution in [0.2, 0.25) is 0 Å². The van der Waals surface area contributed by atoms with Crippen molar-refractivity contribution in [2.45, 2.75) is 32.8 Å². The predicted molar refractivity (Wildman–Crippen MR) is 86.0 cm³/mol. The van der Waals surface area contributed by atoms with Gasteiger partial charge in [-0.3, -0.25) is 4.79 Å². The Balaban J connectivity index is 2.32. The van der Waals surface area contributed by atoms with E-state index in [0.717, 1.165) is 0 Å². The second-order valence-corrected chi connectivity index (χ2v) is 5.79. The van der Waals surface area contributed by atoms with Gasteiger partial charge in [0.05, 0.1) is 18.4 Å². The third-order valence-corrected chi connectivity index (χ3v) is 3.67. The molecule has 0 radical (unpaired) electrons. The summed E-state index contributed by atoms with van der Waals surface area (Å²) in [7, 11) is 1.33. The zero-order valence-corrected chi connectivity index (χ0v) is 14.0. The van der Waals surface area contributed by atoms with Gasteiger partial charge in [0.25, 0.3) is 5.91 Å². The Morgan fingerprint density at radius 1 is 1.35 bits per heavy atom. The summed E-state index contributed by atoms with van der Waals surface area (Å²) < 4.78 is 15.9. The topological polar surface area (TPSA) is 65.1 Å². The van der Waals surface area contributed by atoms with Crippen LogP contribution in [0.1, 0.15) is 37.6 Å². The summed E-state index contributed by atoms with van der Waals surface area (Å²) >= 11 is 0. The molecule has 0 saturated heterocycles. The molecule has 0 aliphatic carbocycles. The van der Waals surface area contributed by atoms with E-state index in [2.05, 4.69) is 0 Å². The molecule has 0 spiro atoms. The zero-order chi connectivity index (χ0) is 17.0. The number of rotatable bonds is 6. The molecule has 0 atom stereocenters. The Kier molecular flexibility index (Phi) is 5.26. The van der Waals surface area contributed by atoms with Gasteiger partial charge in [0.1, 0.15) is 5.75 Å². The monoisotopic (exact) mass is 321 g/mol. The third-order valence-electron chi connectivity index (χ3n) is 3.67. The Labute approximate surface area is 136 Å². The van der Waals surface area contributed by atoms with Crippen LogP contribution in [0.15, 0.2) is 18.2 Å². The number of amides is 1. The fourth-order valence-electron chi connectivity index (χ4n) is 2.50. The van der Waals surface area contributed by atoms with Gasteiger partial charge >= 0.3 is 5.97 Å². The summed E-state index contributed by atoms with van der Waals surface area (Å²) in [6.45, 7) is 7.13. The third kappa shape index (κ3) is 3.64. The van der Waals surface area contributed by atoms with Gasteiger partial charge in [0.2, 0.25) is 0 Å². The molecule has 0 bridgehead atoms. The highest BCUT2D eigenvalue weighted by Crippen LogP contribution is 2.38. The van der Waals surface area contributed by atoms with Crippen molar-refractivity contribution in [2.24, 2.45) is 0 Å². The molecular formula is C17H23NO5. The van der Waals surface area contributed by atoms with Gasteiger partial charge in [-0.2, -0.15) is 0 Å². The van der Waals surface area contributed by atoms with Crippen LogP contribution < -0.4 is 9.64 Å². The standard InChI is InChI=1S/C17H23NO5/c1-5-22-10-6-9-18-13-11-12(15(19)21-4)7-8-14(13)23-17(2,3)16(18)20/h7-8,11H,5-6,9-10H2,1-4H3. The minimum absolute atomic E-state index is 0.136. The Morgan fingerprint density at radius 3 is 2.74 bits per heavy atom. The Hall–Kier alpha value is -2.08. The van der Waals surface area contributed by atoms with E-state index in [1.54, 1.807) is 36.9 Å². The van der Waals surface area contributed by atoms with E-state index in [-0.39, 0.29) is 5.91 Å². The number of esters is 1. The molecule has 0 N–H and O–H groups in total. The minimum atomic E-state index is -0.939. The van der Waals surface area contributed by atoms with Crippen molar-refractivity contribution in [3.8, 4) is 5.75 Å². The number of hydrogen-bond acceptors (Lipinski definition) is 5. The largest absolute Gasteiger partial charge is 0.476 e. The van der Waals surface area contributed by atoms with E-state index < -0.39 is 11.6 Å². The molecule has 6 nitrogen and oxygen atoms in total. The van der Waals surface area contributed by atoms with Crippen LogP contribution >= 0.6 is 0 Å². The second-order valence-electron chi connectivity index (χ2n) is 5.79. The second kappa shape index (κ2) is 7.00. The first kappa shape index (κ1) is 17.3. The van der Waals surface area contributed by atoms with Crippen molar-refractivity contribution in [1.29, 1.82) is 0 Å². The lowest BCUT2D eigenvalue weighted by Gasteiger charge is -2.39. The molecule has 0 aromatic heterocycles. The number of anilines is 1. The van der Waals surface area contributed by atoms with Crippen LogP contribution in [0, 0.1) is 0 Å². The van der Waals surface area contributed by atoms with Gasteiger partial charge in [0.15, 0.2) is 5.60 Å². The zero-order valence-electron chi connectivity index (χ0n) is 14.0. The normalized spacial score (nSPS) is 15.8. The minimum Gasteiger partial charge on any atom is -0.476 e. The highest BCUT2D eigenvalue weighted by atomic mass is 16.5. The summed E-state index contributed by atoms with van der Waals surface area (Å²) in [6, 6.07) is 4.97. The lowest BCUT2D eigenvalue weighted by molar-refractivity contribution is -0.132. The molecule has 0 saturated carbocycles. The first-order valence-electron chi connectivity index (χ1n) is 7.71. The van der Waals surface area contributed by atoms with Crippen molar-refractivity contribution in [3.63, 3.8) is 0 Å². The Bertz CT molecular complexity index is 597. The van der Waals surface area contributed by atoms with Gasteiger partial charge < -0.3 is 19.1 Å². The highest BCUT2D eigenvalue weighted by molar-refractivity contribution is 6.03. The maximum absolute atomic E-state index is 12.7. The maximum Gasteiger partial charge on any atom is 0.337 e. The van der Waals surface area contributed by atoms with Crippen LogP contribution in [0.5, 0.6) is 5.75 Å². The number of carbonyl (C=O) groups excluding carboxylic acids is 2. The lowest BCUT2D eigenvalue weighted by Crippen LogP contribution is -2.53. The number of methoxy groups -OCH3 is 1. The van der Waals surface area contributed by atoms with Gasteiger partial charge in [-0.25, -0.2) is 4.79 Å². The smallest absolute Gasteiger partial charge is 0.337 e. The summed E-state index contributed by atoms with van der Waals surface area (Å²) in [5.74, 6) is 0.00141. The Morgan fingerprint density at radius 2 is 2.09 bits per heavy atom. The van der Waals surface area contributed by atoms with Crippen LogP contribution in [-0.2, 0) is 14.3 Å². The molecule has 1 amide bonds. The molecule has 0 unspecified atom stereocenters. The van der Waals surface area contributed by atoms with Crippen LogP contribution in [0.3, 0.4) is 0 Å². The molecule has 23 heavy (non-hydrogen) atoms. The fraction of sp³-hybridized carbons (Fsp3) is 0.529. The van der Waals surface area contributed by atoms with Gasteiger partial charge in [-0.05, 0) is 45.4 Å². The molecule has 2 rings (SSSR count). The van der Waals surface area contributed by atoms with Crippen molar-refractivity contribution in [2.75, 3.05) is 31.8 Å².